The second-order valence-electron chi connectivity index (χ2n) is 4.79. The molecule has 7 heteroatoms. The first-order valence-electron chi connectivity index (χ1n) is 5.76. The van der Waals surface area contributed by atoms with E-state index >= 15 is 0 Å². The number of hydrogen-bond donors (Lipinski definition) is 1. The number of aliphatic carboxylic acids is 1. The number of piperidine rings is 1. The minimum Gasteiger partial charge on any atom is -0.481 e. The van der Waals surface area contributed by atoms with Gasteiger partial charge in [-0.15, -0.1) is 0 Å². The average molecular weight is 267 g/mol. The molecule has 0 aromatic carbocycles. The van der Waals surface area contributed by atoms with E-state index in [4.69, 9.17) is 5.11 Å². The summed E-state index contributed by atoms with van der Waals surface area (Å²) in [5, 5.41) is 8.90. The zero-order chi connectivity index (χ0) is 13.9. The normalized spacial score (nSPS) is 25.0. The van der Waals surface area contributed by atoms with Gasteiger partial charge in [0.25, 0.3) is 0 Å². The Labute approximate surface area is 103 Å². The number of halogens is 3. The Kier molecular flexibility index (Phi) is 4.59. The number of carbonyl (C=O) groups is 2. The second kappa shape index (κ2) is 5.58. The topological polar surface area (TPSA) is 57.6 Å². The molecule has 1 aliphatic rings. The summed E-state index contributed by atoms with van der Waals surface area (Å²) in [7, 11) is 0. The number of carbonyl (C=O) groups excluding carboxylic acids is 1. The van der Waals surface area contributed by atoms with Crippen LogP contribution in [0.5, 0.6) is 0 Å². The lowest BCUT2D eigenvalue weighted by Crippen LogP contribution is -2.45. The molecule has 2 atom stereocenters. The highest BCUT2D eigenvalue weighted by Gasteiger charge is 2.34. The van der Waals surface area contributed by atoms with Crippen LogP contribution >= 0.6 is 0 Å². The van der Waals surface area contributed by atoms with Crippen LogP contribution in [0.2, 0.25) is 0 Å². The highest BCUT2D eigenvalue weighted by molar-refractivity contribution is 5.78. The molecular formula is C11H16F3NO3. The SMILES string of the molecule is CC1CC(C(=O)O)CN(C(=O)CCC(F)(F)F)C1. The lowest BCUT2D eigenvalue weighted by atomic mass is 9.90. The Morgan fingerprint density at radius 2 is 1.94 bits per heavy atom. The summed E-state index contributed by atoms with van der Waals surface area (Å²) in [6, 6.07) is 0. The first-order valence-corrected chi connectivity index (χ1v) is 5.76. The molecule has 2 unspecified atom stereocenters. The number of amides is 1. The van der Waals surface area contributed by atoms with E-state index in [0.717, 1.165) is 0 Å². The van der Waals surface area contributed by atoms with E-state index in [-0.39, 0.29) is 12.5 Å². The Hall–Kier alpha value is -1.27. The number of carboxylic acids is 1. The predicted molar refractivity (Wildman–Crippen MR) is 56.8 cm³/mol. The molecular weight excluding hydrogens is 251 g/mol. The summed E-state index contributed by atoms with van der Waals surface area (Å²) in [4.78, 5) is 23.7. The van der Waals surface area contributed by atoms with Crippen LogP contribution in [0.25, 0.3) is 0 Å². The van der Waals surface area contributed by atoms with Gasteiger partial charge >= 0.3 is 12.1 Å². The van der Waals surface area contributed by atoms with Crippen LogP contribution in [0.4, 0.5) is 13.2 Å². The summed E-state index contributed by atoms with van der Waals surface area (Å²) in [5.41, 5.74) is 0. The van der Waals surface area contributed by atoms with Crippen molar-refractivity contribution >= 4 is 11.9 Å². The van der Waals surface area contributed by atoms with Crippen molar-refractivity contribution in [3.8, 4) is 0 Å². The molecule has 1 saturated heterocycles. The third kappa shape index (κ3) is 4.54. The number of alkyl halides is 3. The molecule has 0 saturated carbocycles. The van der Waals surface area contributed by atoms with Crippen molar-refractivity contribution in [2.45, 2.75) is 32.4 Å². The fourth-order valence-corrected chi connectivity index (χ4v) is 2.14. The molecule has 104 valence electrons. The number of hydrogen-bond acceptors (Lipinski definition) is 2. The van der Waals surface area contributed by atoms with Gasteiger partial charge in [-0.25, -0.2) is 0 Å². The van der Waals surface area contributed by atoms with E-state index in [1.165, 1.54) is 4.90 Å². The van der Waals surface area contributed by atoms with E-state index in [9.17, 15) is 22.8 Å². The molecule has 1 aliphatic heterocycles. The summed E-state index contributed by atoms with van der Waals surface area (Å²) >= 11 is 0. The largest absolute Gasteiger partial charge is 0.481 e. The molecule has 0 radical (unpaired) electrons. The number of likely N-dealkylation sites (tertiary alicyclic amines) is 1. The lowest BCUT2D eigenvalue weighted by molar-refractivity contribution is -0.153. The first kappa shape index (κ1) is 14.8. The average Bonchev–Trinajstić information content (AvgIpc) is 2.23. The Balaban J connectivity index is 2.54. The van der Waals surface area contributed by atoms with E-state index in [1.807, 2.05) is 0 Å². The van der Waals surface area contributed by atoms with E-state index in [2.05, 4.69) is 0 Å². The standard InChI is InChI=1S/C11H16F3NO3/c1-7-4-8(10(17)18)6-15(5-7)9(16)2-3-11(12,13)14/h7-8H,2-6H2,1H3,(H,17,18). The summed E-state index contributed by atoms with van der Waals surface area (Å²) in [5.74, 6) is -2.31. The van der Waals surface area contributed by atoms with Gasteiger partial charge in [-0.3, -0.25) is 9.59 Å². The molecule has 0 aromatic heterocycles. The van der Waals surface area contributed by atoms with Crippen molar-refractivity contribution in [3.05, 3.63) is 0 Å². The van der Waals surface area contributed by atoms with Crippen molar-refractivity contribution in [3.63, 3.8) is 0 Å². The van der Waals surface area contributed by atoms with Crippen molar-refractivity contribution in [1.29, 1.82) is 0 Å². The van der Waals surface area contributed by atoms with Crippen molar-refractivity contribution in [2.75, 3.05) is 13.1 Å². The summed E-state index contributed by atoms with van der Waals surface area (Å²) < 4.78 is 36.0. The second-order valence-corrected chi connectivity index (χ2v) is 4.79. The first-order chi connectivity index (χ1) is 8.19. The molecule has 1 N–H and O–H groups in total. The van der Waals surface area contributed by atoms with Crippen LogP contribution in [0, 0.1) is 11.8 Å². The zero-order valence-electron chi connectivity index (χ0n) is 10.0. The Morgan fingerprint density at radius 3 is 2.44 bits per heavy atom. The molecule has 0 aromatic rings. The lowest BCUT2D eigenvalue weighted by Gasteiger charge is -2.34. The van der Waals surface area contributed by atoms with Gasteiger partial charge in [-0.05, 0) is 12.3 Å². The van der Waals surface area contributed by atoms with Gasteiger partial charge in [0, 0.05) is 19.5 Å². The Bertz CT molecular complexity index is 330. The number of rotatable bonds is 3. The third-order valence-corrected chi connectivity index (χ3v) is 2.98. The number of nitrogens with zero attached hydrogens (tertiary/aromatic N) is 1. The van der Waals surface area contributed by atoms with Crippen LogP contribution in [-0.2, 0) is 9.59 Å². The highest BCUT2D eigenvalue weighted by atomic mass is 19.4. The molecule has 1 amide bonds. The van der Waals surface area contributed by atoms with Gasteiger partial charge in [-0.1, -0.05) is 6.92 Å². The third-order valence-electron chi connectivity index (χ3n) is 2.98. The van der Waals surface area contributed by atoms with Gasteiger partial charge in [0.05, 0.1) is 12.3 Å². The maximum atomic E-state index is 12.0. The zero-order valence-corrected chi connectivity index (χ0v) is 10.0. The molecule has 1 fully saturated rings. The van der Waals surface area contributed by atoms with Gasteiger partial charge in [0.1, 0.15) is 0 Å². The van der Waals surface area contributed by atoms with Crippen LogP contribution in [0.3, 0.4) is 0 Å². The maximum Gasteiger partial charge on any atom is 0.389 e. The summed E-state index contributed by atoms with van der Waals surface area (Å²) in [6.45, 7) is 2.13. The van der Waals surface area contributed by atoms with Crippen LogP contribution < -0.4 is 0 Å². The number of carboxylic acid groups (broad SMARTS) is 1. The molecule has 0 aliphatic carbocycles. The highest BCUT2D eigenvalue weighted by Crippen LogP contribution is 2.25. The van der Waals surface area contributed by atoms with Crippen molar-refractivity contribution in [1.82, 2.24) is 4.90 Å². The molecule has 4 nitrogen and oxygen atoms in total. The molecule has 0 bridgehead atoms. The van der Waals surface area contributed by atoms with Crippen LogP contribution in [-0.4, -0.2) is 41.1 Å². The van der Waals surface area contributed by atoms with Crippen LogP contribution in [0.1, 0.15) is 26.2 Å². The van der Waals surface area contributed by atoms with E-state index < -0.39 is 36.8 Å². The Morgan fingerprint density at radius 1 is 1.33 bits per heavy atom. The monoisotopic (exact) mass is 267 g/mol. The van der Waals surface area contributed by atoms with E-state index in [1.54, 1.807) is 6.92 Å². The quantitative estimate of drug-likeness (QED) is 0.849. The molecule has 0 spiro atoms. The maximum absolute atomic E-state index is 12.0. The smallest absolute Gasteiger partial charge is 0.389 e. The van der Waals surface area contributed by atoms with E-state index in [0.29, 0.717) is 13.0 Å². The molecule has 1 heterocycles. The fraction of sp³-hybridized carbons (Fsp3) is 0.818. The van der Waals surface area contributed by atoms with Crippen molar-refractivity contribution in [2.24, 2.45) is 11.8 Å². The minimum atomic E-state index is -4.36. The predicted octanol–water partition coefficient (Wildman–Crippen LogP) is 1.90. The van der Waals surface area contributed by atoms with Gasteiger partial charge in [0.15, 0.2) is 0 Å². The summed E-state index contributed by atoms with van der Waals surface area (Å²) in [6.07, 6.45) is -5.67. The minimum absolute atomic E-state index is 0.00492. The van der Waals surface area contributed by atoms with Gasteiger partial charge in [0.2, 0.25) is 5.91 Å². The van der Waals surface area contributed by atoms with Gasteiger partial charge in [-0.2, -0.15) is 13.2 Å². The van der Waals surface area contributed by atoms with Gasteiger partial charge < -0.3 is 10.0 Å². The van der Waals surface area contributed by atoms with Crippen LogP contribution in [0.15, 0.2) is 0 Å². The molecule has 1 rings (SSSR count). The fourth-order valence-electron chi connectivity index (χ4n) is 2.14. The molecule has 18 heavy (non-hydrogen) atoms. The van der Waals surface area contributed by atoms with Crippen molar-refractivity contribution < 1.29 is 27.9 Å².